The third kappa shape index (κ3) is 3.28. The van der Waals surface area contributed by atoms with Crippen LogP contribution < -0.4 is 5.32 Å². The van der Waals surface area contributed by atoms with E-state index in [-0.39, 0.29) is 0 Å². The van der Waals surface area contributed by atoms with Gasteiger partial charge in [-0.25, -0.2) is 4.98 Å². The average molecular weight is 252 g/mol. The summed E-state index contributed by atoms with van der Waals surface area (Å²) in [6.07, 6.45) is 5.38. The van der Waals surface area contributed by atoms with E-state index in [2.05, 4.69) is 44.3 Å². The minimum Gasteiger partial charge on any atom is -0.318 e. The quantitative estimate of drug-likeness (QED) is 0.816. The molecule has 2 aromatic heterocycles. The molecule has 2 heterocycles. The molecule has 0 unspecified atom stereocenters. The molecule has 5 heteroatoms. The van der Waals surface area contributed by atoms with Crippen LogP contribution in [0.15, 0.2) is 17.8 Å². The number of nitrogens with zero attached hydrogens (tertiary/aromatic N) is 3. The molecule has 2 rings (SSSR count). The zero-order valence-electron chi connectivity index (χ0n) is 10.5. The van der Waals surface area contributed by atoms with Crippen LogP contribution in [0.3, 0.4) is 0 Å². The van der Waals surface area contributed by atoms with E-state index < -0.39 is 0 Å². The molecule has 0 amide bonds. The van der Waals surface area contributed by atoms with Crippen LogP contribution >= 0.6 is 11.3 Å². The zero-order valence-corrected chi connectivity index (χ0v) is 11.3. The molecule has 0 radical (unpaired) electrons. The van der Waals surface area contributed by atoms with Crippen LogP contribution in [0.25, 0.3) is 4.96 Å². The second kappa shape index (κ2) is 6.14. The summed E-state index contributed by atoms with van der Waals surface area (Å²) in [4.78, 5) is 8.16. The number of fused-ring (bicyclic) bond motifs is 1. The molecule has 0 aliphatic carbocycles. The van der Waals surface area contributed by atoms with Crippen LogP contribution in [-0.2, 0) is 6.54 Å². The highest BCUT2D eigenvalue weighted by Gasteiger charge is 2.08. The Balaban J connectivity index is 1.98. The highest BCUT2D eigenvalue weighted by Crippen LogP contribution is 2.12. The normalized spacial score (nSPS) is 11.7. The maximum atomic E-state index is 4.62. The fourth-order valence-corrected chi connectivity index (χ4v) is 2.66. The number of likely N-dealkylation sites (N-methyl/N-ethyl adjacent to an activating group) is 1. The lowest BCUT2D eigenvalue weighted by molar-refractivity contribution is 0.265. The van der Waals surface area contributed by atoms with E-state index >= 15 is 0 Å². The van der Waals surface area contributed by atoms with Gasteiger partial charge in [0.05, 0.1) is 5.69 Å². The van der Waals surface area contributed by atoms with Gasteiger partial charge in [0, 0.05) is 37.4 Å². The maximum Gasteiger partial charge on any atom is 0.193 e. The van der Waals surface area contributed by atoms with Gasteiger partial charge in [0.25, 0.3) is 0 Å². The second-order valence-electron chi connectivity index (χ2n) is 4.20. The van der Waals surface area contributed by atoms with Crippen LogP contribution in [0, 0.1) is 0 Å². The monoisotopic (exact) mass is 252 g/mol. The van der Waals surface area contributed by atoms with Gasteiger partial charge in [-0.05, 0) is 20.0 Å². The standard InChI is InChI=1S/C12H20N4S/c1-3-5-15(6-4-13-2)9-11-10-16-7-8-17-12(16)14-11/h7-8,10,13H,3-6,9H2,1-2H3. The summed E-state index contributed by atoms with van der Waals surface area (Å²) in [5.41, 5.74) is 1.17. The highest BCUT2D eigenvalue weighted by molar-refractivity contribution is 7.15. The summed E-state index contributed by atoms with van der Waals surface area (Å²) in [6.45, 7) is 6.41. The van der Waals surface area contributed by atoms with Gasteiger partial charge in [0.1, 0.15) is 0 Å². The van der Waals surface area contributed by atoms with Crippen LogP contribution in [-0.4, -0.2) is 41.0 Å². The predicted molar refractivity (Wildman–Crippen MR) is 72.6 cm³/mol. The average Bonchev–Trinajstić information content (AvgIpc) is 2.86. The number of hydrogen-bond acceptors (Lipinski definition) is 4. The van der Waals surface area contributed by atoms with E-state index in [1.807, 2.05) is 7.05 Å². The van der Waals surface area contributed by atoms with Crippen molar-refractivity contribution < 1.29 is 0 Å². The lowest BCUT2D eigenvalue weighted by atomic mass is 10.3. The smallest absolute Gasteiger partial charge is 0.193 e. The van der Waals surface area contributed by atoms with Gasteiger partial charge in [-0.3, -0.25) is 9.30 Å². The Labute approximate surface area is 106 Å². The van der Waals surface area contributed by atoms with Crippen molar-refractivity contribution in [1.82, 2.24) is 19.6 Å². The Bertz CT molecular complexity index is 419. The largest absolute Gasteiger partial charge is 0.318 e. The summed E-state index contributed by atoms with van der Waals surface area (Å²) >= 11 is 1.69. The first-order valence-corrected chi connectivity index (χ1v) is 6.99. The molecule has 0 saturated carbocycles. The molecule has 4 nitrogen and oxygen atoms in total. The Hall–Kier alpha value is -0.910. The van der Waals surface area contributed by atoms with E-state index in [0.717, 1.165) is 31.1 Å². The Morgan fingerprint density at radius 2 is 2.35 bits per heavy atom. The maximum absolute atomic E-state index is 4.62. The van der Waals surface area contributed by atoms with E-state index in [1.54, 1.807) is 11.3 Å². The molecule has 94 valence electrons. The number of thiazole rings is 1. The molecule has 0 aliphatic rings. The Morgan fingerprint density at radius 3 is 3.06 bits per heavy atom. The first-order chi connectivity index (χ1) is 8.33. The van der Waals surface area contributed by atoms with Gasteiger partial charge >= 0.3 is 0 Å². The summed E-state index contributed by atoms with van der Waals surface area (Å²) in [5.74, 6) is 0. The minimum absolute atomic E-state index is 0.948. The molecule has 17 heavy (non-hydrogen) atoms. The first kappa shape index (κ1) is 12.5. The number of imidazole rings is 1. The van der Waals surface area contributed by atoms with Crippen molar-refractivity contribution in [2.45, 2.75) is 19.9 Å². The fourth-order valence-electron chi connectivity index (χ4n) is 1.94. The summed E-state index contributed by atoms with van der Waals surface area (Å²) in [5, 5.41) is 5.27. The molecule has 0 aromatic carbocycles. The third-order valence-electron chi connectivity index (χ3n) is 2.75. The van der Waals surface area contributed by atoms with Gasteiger partial charge < -0.3 is 5.32 Å². The third-order valence-corrected chi connectivity index (χ3v) is 3.52. The fraction of sp³-hybridized carbons (Fsp3) is 0.583. The molecule has 2 aromatic rings. The van der Waals surface area contributed by atoms with E-state index in [9.17, 15) is 0 Å². The molecule has 1 N–H and O–H groups in total. The van der Waals surface area contributed by atoms with Gasteiger partial charge in [-0.15, -0.1) is 11.3 Å². The highest BCUT2D eigenvalue weighted by atomic mass is 32.1. The van der Waals surface area contributed by atoms with Crippen molar-refractivity contribution in [3.8, 4) is 0 Å². The van der Waals surface area contributed by atoms with Crippen LogP contribution in [0.5, 0.6) is 0 Å². The molecule has 0 bridgehead atoms. The van der Waals surface area contributed by atoms with E-state index in [4.69, 9.17) is 0 Å². The summed E-state index contributed by atoms with van der Waals surface area (Å²) in [6, 6.07) is 0. The topological polar surface area (TPSA) is 32.6 Å². The predicted octanol–water partition coefficient (Wildman–Crippen LogP) is 1.83. The molecular weight excluding hydrogens is 232 g/mol. The SMILES string of the molecule is CCCN(CCNC)Cc1cn2ccsc2n1. The Kier molecular flexibility index (Phi) is 4.53. The molecule has 0 saturated heterocycles. The van der Waals surface area contributed by atoms with Crippen LogP contribution in [0.1, 0.15) is 19.0 Å². The number of rotatable bonds is 7. The van der Waals surface area contributed by atoms with Crippen molar-refractivity contribution >= 4 is 16.3 Å². The second-order valence-corrected chi connectivity index (χ2v) is 5.08. The van der Waals surface area contributed by atoms with Gasteiger partial charge in [0.2, 0.25) is 0 Å². The first-order valence-electron chi connectivity index (χ1n) is 6.11. The molecular formula is C12H20N4S. The van der Waals surface area contributed by atoms with Crippen molar-refractivity contribution in [3.05, 3.63) is 23.5 Å². The number of hydrogen-bond donors (Lipinski definition) is 1. The summed E-state index contributed by atoms with van der Waals surface area (Å²) in [7, 11) is 2.00. The van der Waals surface area contributed by atoms with Crippen LogP contribution in [0.4, 0.5) is 0 Å². The lowest BCUT2D eigenvalue weighted by Gasteiger charge is -2.20. The summed E-state index contributed by atoms with van der Waals surface area (Å²) < 4.78 is 2.10. The molecule has 0 aliphatic heterocycles. The van der Waals surface area contributed by atoms with E-state index in [1.165, 1.54) is 12.1 Å². The van der Waals surface area contributed by atoms with Gasteiger partial charge in [0.15, 0.2) is 4.96 Å². The molecule has 0 fully saturated rings. The van der Waals surface area contributed by atoms with Crippen molar-refractivity contribution in [3.63, 3.8) is 0 Å². The van der Waals surface area contributed by atoms with Crippen molar-refractivity contribution in [2.75, 3.05) is 26.7 Å². The lowest BCUT2D eigenvalue weighted by Crippen LogP contribution is -2.31. The van der Waals surface area contributed by atoms with Gasteiger partial charge in [-0.2, -0.15) is 0 Å². The number of aromatic nitrogens is 2. The van der Waals surface area contributed by atoms with Crippen molar-refractivity contribution in [1.29, 1.82) is 0 Å². The van der Waals surface area contributed by atoms with Crippen molar-refractivity contribution in [2.24, 2.45) is 0 Å². The number of nitrogens with one attached hydrogen (secondary N) is 1. The van der Waals surface area contributed by atoms with E-state index in [0.29, 0.717) is 0 Å². The minimum atomic E-state index is 0.948. The van der Waals surface area contributed by atoms with Crippen LogP contribution in [0.2, 0.25) is 0 Å². The molecule has 0 atom stereocenters. The van der Waals surface area contributed by atoms with Gasteiger partial charge in [-0.1, -0.05) is 6.92 Å². The Morgan fingerprint density at radius 1 is 1.47 bits per heavy atom. The zero-order chi connectivity index (χ0) is 12.1. The molecule has 0 spiro atoms.